The van der Waals surface area contributed by atoms with Crippen molar-refractivity contribution < 1.29 is 15.3 Å². The van der Waals surface area contributed by atoms with Crippen molar-refractivity contribution in [3.63, 3.8) is 0 Å². The topological polar surface area (TPSA) is 60.7 Å². The van der Waals surface area contributed by atoms with Gasteiger partial charge in [-0.1, -0.05) is 18.2 Å². The number of rotatable bonds is 1. The molecule has 2 aromatic carbocycles. The van der Waals surface area contributed by atoms with E-state index in [1.165, 1.54) is 12.1 Å². The molecule has 0 aliphatic heterocycles. The molecule has 0 unspecified atom stereocenters. The molecule has 2 rings (SSSR count). The summed E-state index contributed by atoms with van der Waals surface area (Å²) in [6, 6.07) is 8.19. The van der Waals surface area contributed by atoms with E-state index >= 15 is 0 Å². The minimum absolute atomic E-state index is 0.125. The molecular weight excluding hydrogens is 216 g/mol. The fraction of sp³-hybridized carbons (Fsp3) is 0.143. The summed E-state index contributed by atoms with van der Waals surface area (Å²) >= 11 is 0. The third-order valence-electron chi connectivity index (χ3n) is 2.81. The molecule has 3 N–H and O–H groups in total. The van der Waals surface area contributed by atoms with Crippen LogP contribution in [0.4, 0.5) is 0 Å². The first-order valence-corrected chi connectivity index (χ1v) is 5.32. The largest absolute Gasteiger partial charge is 0.508 e. The number of hydrogen-bond donors (Lipinski definition) is 3. The van der Waals surface area contributed by atoms with Gasteiger partial charge in [-0.05, 0) is 30.5 Å². The van der Waals surface area contributed by atoms with E-state index in [-0.39, 0.29) is 17.2 Å². The molecule has 0 atom stereocenters. The molecule has 0 aliphatic carbocycles. The van der Waals surface area contributed by atoms with Gasteiger partial charge in [-0.2, -0.15) is 0 Å². The van der Waals surface area contributed by atoms with Crippen LogP contribution in [0.25, 0.3) is 11.1 Å². The molecule has 0 saturated heterocycles. The van der Waals surface area contributed by atoms with E-state index in [1.807, 2.05) is 32.0 Å². The molecule has 0 saturated carbocycles. The van der Waals surface area contributed by atoms with Gasteiger partial charge < -0.3 is 15.3 Å². The Morgan fingerprint density at radius 3 is 1.71 bits per heavy atom. The molecule has 88 valence electrons. The Bertz CT molecular complexity index is 530. The summed E-state index contributed by atoms with van der Waals surface area (Å²) in [6.07, 6.45) is 0. The number of phenols is 3. The Morgan fingerprint density at radius 2 is 1.24 bits per heavy atom. The maximum atomic E-state index is 9.85. The third-order valence-corrected chi connectivity index (χ3v) is 2.81. The summed E-state index contributed by atoms with van der Waals surface area (Å²) in [5.74, 6) is -0.408. The monoisotopic (exact) mass is 230 g/mol. The van der Waals surface area contributed by atoms with Crippen molar-refractivity contribution in [2.75, 3.05) is 0 Å². The van der Waals surface area contributed by atoms with Crippen LogP contribution in [-0.2, 0) is 0 Å². The van der Waals surface area contributed by atoms with Crippen molar-refractivity contribution in [1.29, 1.82) is 0 Å². The van der Waals surface area contributed by atoms with Gasteiger partial charge in [0.2, 0.25) is 0 Å². The molecule has 2 aromatic rings. The van der Waals surface area contributed by atoms with Crippen molar-refractivity contribution in [3.05, 3.63) is 41.5 Å². The third kappa shape index (κ3) is 1.91. The molecule has 17 heavy (non-hydrogen) atoms. The quantitative estimate of drug-likeness (QED) is 0.705. The normalized spacial score (nSPS) is 10.5. The van der Waals surface area contributed by atoms with Crippen molar-refractivity contribution >= 4 is 0 Å². The Kier molecular flexibility index (Phi) is 2.68. The zero-order valence-corrected chi connectivity index (χ0v) is 9.73. The van der Waals surface area contributed by atoms with Crippen molar-refractivity contribution in [2.24, 2.45) is 0 Å². The highest BCUT2D eigenvalue weighted by molar-refractivity contribution is 5.81. The molecule has 0 fully saturated rings. The van der Waals surface area contributed by atoms with Gasteiger partial charge in [0.1, 0.15) is 17.2 Å². The van der Waals surface area contributed by atoms with Crippen molar-refractivity contribution in [3.8, 4) is 28.4 Å². The van der Waals surface area contributed by atoms with Crippen LogP contribution >= 0.6 is 0 Å². The lowest BCUT2D eigenvalue weighted by Gasteiger charge is -2.13. The Hall–Kier alpha value is -2.16. The van der Waals surface area contributed by atoms with E-state index in [0.717, 1.165) is 16.7 Å². The Labute approximate surface area is 99.6 Å². The van der Waals surface area contributed by atoms with Crippen molar-refractivity contribution in [1.82, 2.24) is 0 Å². The van der Waals surface area contributed by atoms with Crippen LogP contribution in [0.15, 0.2) is 30.3 Å². The summed E-state index contributed by atoms with van der Waals surface area (Å²) in [5, 5.41) is 29.0. The van der Waals surface area contributed by atoms with Crippen LogP contribution in [0, 0.1) is 13.8 Å². The first kappa shape index (κ1) is 11.3. The Morgan fingerprint density at radius 1 is 0.765 bits per heavy atom. The first-order chi connectivity index (χ1) is 8.00. The van der Waals surface area contributed by atoms with E-state index < -0.39 is 0 Å². The summed E-state index contributed by atoms with van der Waals surface area (Å²) in [5.41, 5.74) is 3.07. The van der Waals surface area contributed by atoms with Gasteiger partial charge in [0.05, 0.1) is 5.56 Å². The van der Waals surface area contributed by atoms with Crippen molar-refractivity contribution in [2.45, 2.75) is 13.8 Å². The SMILES string of the molecule is Cc1cccc(C)c1-c1c(O)cc(O)cc1O. The zero-order chi connectivity index (χ0) is 12.6. The minimum atomic E-state index is -0.157. The predicted octanol–water partition coefficient (Wildman–Crippen LogP) is 3.09. The molecule has 0 amide bonds. The van der Waals surface area contributed by atoms with E-state index in [4.69, 9.17) is 0 Å². The molecule has 3 nitrogen and oxygen atoms in total. The Balaban J connectivity index is 2.77. The predicted molar refractivity (Wildman–Crippen MR) is 66.3 cm³/mol. The highest BCUT2D eigenvalue weighted by Crippen LogP contribution is 2.42. The average molecular weight is 230 g/mol. The molecule has 0 spiro atoms. The van der Waals surface area contributed by atoms with Crippen LogP contribution in [0.3, 0.4) is 0 Å². The second-order valence-electron chi connectivity index (χ2n) is 4.13. The fourth-order valence-electron chi connectivity index (χ4n) is 2.06. The lowest BCUT2D eigenvalue weighted by atomic mass is 9.94. The van der Waals surface area contributed by atoms with Crippen LogP contribution in [0.5, 0.6) is 17.2 Å². The van der Waals surface area contributed by atoms with Gasteiger partial charge in [0, 0.05) is 12.1 Å². The van der Waals surface area contributed by atoms with Crippen LogP contribution < -0.4 is 0 Å². The van der Waals surface area contributed by atoms with E-state index in [0.29, 0.717) is 5.56 Å². The molecule has 0 bridgehead atoms. The van der Waals surface area contributed by atoms with E-state index in [2.05, 4.69) is 0 Å². The number of aryl methyl sites for hydroxylation is 2. The highest BCUT2D eigenvalue weighted by Gasteiger charge is 2.15. The molecule has 0 aromatic heterocycles. The molecule has 0 aliphatic rings. The number of benzene rings is 2. The van der Waals surface area contributed by atoms with Gasteiger partial charge in [-0.25, -0.2) is 0 Å². The standard InChI is InChI=1S/C14H14O3/c1-8-4-3-5-9(2)13(8)14-11(16)6-10(15)7-12(14)17/h3-7,15-17H,1-2H3. The van der Waals surface area contributed by atoms with E-state index in [1.54, 1.807) is 0 Å². The second-order valence-corrected chi connectivity index (χ2v) is 4.13. The average Bonchev–Trinajstić information content (AvgIpc) is 2.21. The second kappa shape index (κ2) is 4.01. The van der Waals surface area contributed by atoms with Gasteiger partial charge >= 0.3 is 0 Å². The first-order valence-electron chi connectivity index (χ1n) is 5.32. The number of phenolic OH excluding ortho intramolecular Hbond substituents is 3. The minimum Gasteiger partial charge on any atom is -0.508 e. The van der Waals surface area contributed by atoms with Gasteiger partial charge in [0.15, 0.2) is 0 Å². The molecule has 3 heteroatoms. The summed E-state index contributed by atoms with van der Waals surface area (Å²) in [7, 11) is 0. The smallest absolute Gasteiger partial charge is 0.130 e. The lowest BCUT2D eigenvalue weighted by Crippen LogP contribution is -1.89. The maximum absolute atomic E-state index is 9.85. The van der Waals surface area contributed by atoms with Crippen LogP contribution in [-0.4, -0.2) is 15.3 Å². The highest BCUT2D eigenvalue weighted by atomic mass is 16.3. The molecule has 0 heterocycles. The maximum Gasteiger partial charge on any atom is 0.130 e. The lowest BCUT2D eigenvalue weighted by molar-refractivity contribution is 0.430. The van der Waals surface area contributed by atoms with E-state index in [9.17, 15) is 15.3 Å². The van der Waals surface area contributed by atoms with Gasteiger partial charge in [0.25, 0.3) is 0 Å². The summed E-state index contributed by atoms with van der Waals surface area (Å²) in [4.78, 5) is 0. The van der Waals surface area contributed by atoms with Gasteiger partial charge in [-0.3, -0.25) is 0 Å². The molecule has 0 radical (unpaired) electrons. The number of hydrogen-bond acceptors (Lipinski definition) is 3. The van der Waals surface area contributed by atoms with Crippen LogP contribution in [0.1, 0.15) is 11.1 Å². The summed E-state index contributed by atoms with van der Waals surface area (Å²) in [6.45, 7) is 3.82. The molecular formula is C14H14O3. The summed E-state index contributed by atoms with van der Waals surface area (Å²) < 4.78 is 0. The van der Waals surface area contributed by atoms with Crippen LogP contribution in [0.2, 0.25) is 0 Å². The zero-order valence-electron chi connectivity index (χ0n) is 9.73. The number of aromatic hydroxyl groups is 3. The van der Waals surface area contributed by atoms with Gasteiger partial charge in [-0.15, -0.1) is 0 Å². The fourth-order valence-corrected chi connectivity index (χ4v) is 2.06.